The number of carbonyl (C=O) groups is 2. The highest BCUT2D eigenvalue weighted by Crippen LogP contribution is 2.01. The molecular weight excluding hydrogens is 220 g/mol. The fourth-order valence-electron chi connectivity index (χ4n) is 1.24. The maximum absolute atomic E-state index is 11.7. The van der Waals surface area contributed by atoms with E-state index in [9.17, 15) is 9.59 Å². The summed E-state index contributed by atoms with van der Waals surface area (Å²) in [4.78, 5) is 26.5. The second-order valence-electron chi connectivity index (χ2n) is 3.33. The van der Waals surface area contributed by atoms with E-state index in [2.05, 4.69) is 10.3 Å². The number of hydrogen-bond acceptors (Lipinski definition) is 3. The van der Waals surface area contributed by atoms with Crippen LogP contribution in [0.1, 0.15) is 30.0 Å². The van der Waals surface area contributed by atoms with Gasteiger partial charge in [0.25, 0.3) is 5.91 Å². The Balaban J connectivity index is 2.86. The Bertz CT molecular complexity index is 467. The van der Waals surface area contributed by atoms with Crippen LogP contribution in [0.15, 0.2) is 30.0 Å². The summed E-state index contributed by atoms with van der Waals surface area (Å²) < 4.78 is 0. The Kier molecular flexibility index (Phi) is 4.39. The molecule has 0 spiro atoms. The minimum Gasteiger partial charge on any atom is -0.477 e. The van der Waals surface area contributed by atoms with Crippen molar-refractivity contribution in [1.29, 1.82) is 0 Å². The Morgan fingerprint density at radius 3 is 2.71 bits per heavy atom. The largest absolute Gasteiger partial charge is 0.477 e. The summed E-state index contributed by atoms with van der Waals surface area (Å²) in [6.07, 6.45) is 2.04. The summed E-state index contributed by atoms with van der Waals surface area (Å²) in [7, 11) is 0. The Labute approximate surface area is 99.2 Å². The second kappa shape index (κ2) is 5.79. The maximum Gasteiger partial charge on any atom is 0.352 e. The highest BCUT2D eigenvalue weighted by Gasteiger charge is 2.13. The molecule has 0 saturated carbocycles. The van der Waals surface area contributed by atoms with Gasteiger partial charge in [-0.1, -0.05) is 19.1 Å². The second-order valence-corrected chi connectivity index (χ2v) is 3.33. The monoisotopic (exact) mass is 234 g/mol. The molecular formula is C12H14N2O3. The zero-order valence-electron chi connectivity index (χ0n) is 9.73. The van der Waals surface area contributed by atoms with Crippen LogP contribution in [-0.2, 0) is 11.2 Å². The van der Waals surface area contributed by atoms with Crippen LogP contribution in [0.3, 0.4) is 0 Å². The van der Waals surface area contributed by atoms with Gasteiger partial charge in [0.2, 0.25) is 0 Å². The van der Waals surface area contributed by atoms with E-state index in [0.29, 0.717) is 0 Å². The molecule has 0 unspecified atom stereocenters. The number of carboxylic acid groups (broad SMARTS) is 1. The molecule has 1 aromatic heterocycles. The van der Waals surface area contributed by atoms with Crippen LogP contribution in [-0.4, -0.2) is 22.0 Å². The van der Waals surface area contributed by atoms with E-state index in [1.54, 1.807) is 19.1 Å². The number of pyridine rings is 1. The fourth-order valence-corrected chi connectivity index (χ4v) is 1.24. The highest BCUT2D eigenvalue weighted by atomic mass is 16.4. The summed E-state index contributed by atoms with van der Waals surface area (Å²) in [6, 6.07) is 5.07. The molecule has 0 saturated heterocycles. The average Bonchev–Trinajstić information content (AvgIpc) is 2.35. The number of hydrogen-bond donors (Lipinski definition) is 2. The molecule has 0 fully saturated rings. The van der Waals surface area contributed by atoms with Crippen molar-refractivity contribution in [3.63, 3.8) is 0 Å². The average molecular weight is 234 g/mol. The number of aryl methyl sites for hydroxylation is 1. The first-order valence-electron chi connectivity index (χ1n) is 5.25. The predicted octanol–water partition coefficient (Wildman–Crippen LogP) is 1.36. The minimum atomic E-state index is -1.17. The van der Waals surface area contributed by atoms with Gasteiger partial charge in [-0.2, -0.15) is 0 Å². The molecule has 0 aromatic carbocycles. The number of carboxylic acids is 1. The molecule has 1 amide bonds. The van der Waals surface area contributed by atoms with Gasteiger partial charge >= 0.3 is 5.97 Å². The number of allylic oxidation sites excluding steroid dienone is 1. The van der Waals surface area contributed by atoms with Gasteiger partial charge in [0.1, 0.15) is 11.4 Å². The minimum absolute atomic E-state index is 0.154. The van der Waals surface area contributed by atoms with Crippen LogP contribution in [0, 0.1) is 0 Å². The Hall–Kier alpha value is -2.17. The van der Waals surface area contributed by atoms with E-state index >= 15 is 0 Å². The standard InChI is InChI=1S/C12H14N2O3/c1-3-8-6-5-7-10(13-8)11(15)14-9(4-2)12(16)17/h4-7H,3H2,1-2H3,(H,14,15)(H,16,17)/b9-4+. The fraction of sp³-hybridized carbons (Fsp3) is 0.250. The SMILES string of the molecule is C/C=C(/NC(=O)c1cccc(CC)n1)C(=O)O. The zero-order chi connectivity index (χ0) is 12.8. The third-order valence-electron chi connectivity index (χ3n) is 2.17. The first kappa shape index (κ1) is 12.9. The third-order valence-corrected chi connectivity index (χ3v) is 2.17. The van der Waals surface area contributed by atoms with Crippen molar-refractivity contribution in [2.75, 3.05) is 0 Å². The van der Waals surface area contributed by atoms with Gasteiger partial charge in [-0.3, -0.25) is 4.79 Å². The molecule has 0 bridgehead atoms. The number of aromatic nitrogens is 1. The number of rotatable bonds is 4. The van der Waals surface area contributed by atoms with Crippen LogP contribution in [0.2, 0.25) is 0 Å². The van der Waals surface area contributed by atoms with Crippen LogP contribution in [0.5, 0.6) is 0 Å². The first-order chi connectivity index (χ1) is 8.08. The van der Waals surface area contributed by atoms with Gasteiger partial charge in [0.15, 0.2) is 0 Å². The van der Waals surface area contributed by atoms with Crippen molar-refractivity contribution in [1.82, 2.24) is 10.3 Å². The van der Waals surface area contributed by atoms with Gasteiger partial charge in [0, 0.05) is 5.69 Å². The van der Waals surface area contributed by atoms with Crippen molar-refractivity contribution in [3.8, 4) is 0 Å². The lowest BCUT2D eigenvalue weighted by atomic mass is 10.2. The Morgan fingerprint density at radius 1 is 1.47 bits per heavy atom. The first-order valence-corrected chi connectivity index (χ1v) is 5.25. The summed E-state index contributed by atoms with van der Waals surface area (Å²) in [5.74, 6) is -1.69. The molecule has 0 aliphatic carbocycles. The summed E-state index contributed by atoms with van der Waals surface area (Å²) in [6.45, 7) is 3.47. The Morgan fingerprint density at radius 2 is 2.18 bits per heavy atom. The summed E-state index contributed by atoms with van der Waals surface area (Å²) in [5.41, 5.74) is 0.846. The molecule has 0 radical (unpaired) electrons. The van der Waals surface area contributed by atoms with E-state index in [0.717, 1.165) is 12.1 Å². The molecule has 5 heteroatoms. The summed E-state index contributed by atoms with van der Waals surface area (Å²) >= 11 is 0. The molecule has 0 aliphatic rings. The smallest absolute Gasteiger partial charge is 0.352 e. The van der Waals surface area contributed by atoms with Crippen molar-refractivity contribution in [2.45, 2.75) is 20.3 Å². The molecule has 2 N–H and O–H groups in total. The lowest BCUT2D eigenvalue weighted by Crippen LogP contribution is -2.28. The third kappa shape index (κ3) is 3.41. The van der Waals surface area contributed by atoms with Crippen LogP contribution in [0.4, 0.5) is 0 Å². The van der Waals surface area contributed by atoms with Crippen molar-refractivity contribution < 1.29 is 14.7 Å². The molecule has 17 heavy (non-hydrogen) atoms. The molecule has 5 nitrogen and oxygen atoms in total. The normalized spacial score (nSPS) is 11.1. The van der Waals surface area contributed by atoms with Gasteiger partial charge in [-0.25, -0.2) is 9.78 Å². The molecule has 1 heterocycles. The quantitative estimate of drug-likeness (QED) is 0.771. The molecule has 1 aromatic rings. The van der Waals surface area contributed by atoms with E-state index in [1.165, 1.54) is 6.08 Å². The van der Waals surface area contributed by atoms with Crippen LogP contribution in [0.25, 0.3) is 0 Å². The van der Waals surface area contributed by atoms with Crippen molar-refractivity contribution >= 4 is 11.9 Å². The van der Waals surface area contributed by atoms with Gasteiger partial charge in [-0.15, -0.1) is 0 Å². The lowest BCUT2D eigenvalue weighted by molar-refractivity contribution is -0.133. The van der Waals surface area contributed by atoms with Crippen LogP contribution < -0.4 is 5.32 Å². The number of carbonyl (C=O) groups excluding carboxylic acids is 1. The van der Waals surface area contributed by atoms with Gasteiger partial charge < -0.3 is 10.4 Å². The van der Waals surface area contributed by atoms with Gasteiger partial charge in [-0.05, 0) is 25.5 Å². The molecule has 0 aliphatic heterocycles. The lowest BCUT2D eigenvalue weighted by Gasteiger charge is -2.05. The highest BCUT2D eigenvalue weighted by molar-refractivity contribution is 5.99. The van der Waals surface area contributed by atoms with E-state index in [1.807, 2.05) is 13.0 Å². The number of amides is 1. The van der Waals surface area contributed by atoms with Crippen molar-refractivity contribution in [3.05, 3.63) is 41.4 Å². The number of nitrogens with one attached hydrogen (secondary N) is 1. The predicted molar refractivity (Wildman–Crippen MR) is 62.5 cm³/mol. The number of aliphatic carboxylic acids is 1. The van der Waals surface area contributed by atoms with Gasteiger partial charge in [0.05, 0.1) is 0 Å². The summed E-state index contributed by atoms with van der Waals surface area (Å²) in [5, 5.41) is 11.1. The van der Waals surface area contributed by atoms with E-state index < -0.39 is 11.9 Å². The molecule has 0 atom stereocenters. The zero-order valence-corrected chi connectivity index (χ0v) is 9.73. The van der Waals surface area contributed by atoms with E-state index in [-0.39, 0.29) is 11.4 Å². The topological polar surface area (TPSA) is 79.3 Å². The molecule has 90 valence electrons. The maximum atomic E-state index is 11.7. The number of nitrogens with zero attached hydrogens (tertiary/aromatic N) is 1. The van der Waals surface area contributed by atoms with E-state index in [4.69, 9.17) is 5.11 Å². The molecule has 1 rings (SSSR count). The van der Waals surface area contributed by atoms with Crippen LogP contribution >= 0.6 is 0 Å². The van der Waals surface area contributed by atoms with Crippen molar-refractivity contribution in [2.24, 2.45) is 0 Å².